The van der Waals surface area contributed by atoms with Gasteiger partial charge in [0.25, 0.3) is 0 Å². The summed E-state index contributed by atoms with van der Waals surface area (Å²) in [5.41, 5.74) is 1.55. The lowest BCUT2D eigenvalue weighted by atomic mass is 9.99. The molecule has 0 aliphatic carbocycles. The molecule has 1 aliphatic heterocycles. The van der Waals surface area contributed by atoms with Gasteiger partial charge in [0.15, 0.2) is 0 Å². The largest absolute Gasteiger partial charge is 0.420 e. The van der Waals surface area contributed by atoms with Crippen LogP contribution in [-0.2, 0) is 4.79 Å². The topological polar surface area (TPSA) is 94.7 Å². The number of nitro groups is 1. The fourth-order valence-corrected chi connectivity index (χ4v) is 2.81. The summed E-state index contributed by atoms with van der Waals surface area (Å²) in [6, 6.07) is 14.0. The van der Waals surface area contributed by atoms with E-state index in [1.807, 2.05) is 12.1 Å². The highest BCUT2D eigenvalue weighted by molar-refractivity contribution is 6.19. The molecule has 25 heavy (non-hydrogen) atoms. The van der Waals surface area contributed by atoms with Crippen LogP contribution in [0.4, 0.5) is 5.69 Å². The van der Waals surface area contributed by atoms with Crippen molar-refractivity contribution in [3.63, 3.8) is 0 Å². The molecule has 0 N–H and O–H groups in total. The van der Waals surface area contributed by atoms with E-state index in [9.17, 15) is 14.9 Å². The quantitative estimate of drug-likeness (QED) is 0.311. The van der Waals surface area contributed by atoms with Crippen molar-refractivity contribution in [3.8, 4) is 5.75 Å². The van der Waals surface area contributed by atoms with Gasteiger partial charge in [-0.3, -0.25) is 15.1 Å². The van der Waals surface area contributed by atoms with Crippen molar-refractivity contribution in [3.05, 3.63) is 76.5 Å². The van der Waals surface area contributed by atoms with E-state index in [-0.39, 0.29) is 11.5 Å². The summed E-state index contributed by atoms with van der Waals surface area (Å²) < 4.78 is 5.08. The molecule has 1 unspecified atom stereocenters. The third-order valence-corrected chi connectivity index (χ3v) is 3.92. The monoisotopic (exact) mass is 333 g/mol. The summed E-state index contributed by atoms with van der Waals surface area (Å²) in [5, 5.41) is 12.3. The number of hydrogen-bond donors (Lipinski definition) is 0. The van der Waals surface area contributed by atoms with Crippen molar-refractivity contribution in [2.24, 2.45) is 4.99 Å². The number of aromatic nitrogens is 1. The molecule has 1 aliphatic rings. The van der Waals surface area contributed by atoms with Crippen LogP contribution in [0.5, 0.6) is 5.75 Å². The van der Waals surface area contributed by atoms with Crippen LogP contribution in [-0.4, -0.2) is 27.6 Å². The second-order valence-corrected chi connectivity index (χ2v) is 5.45. The highest BCUT2D eigenvalue weighted by atomic mass is 16.6. The Labute approximate surface area is 141 Å². The van der Waals surface area contributed by atoms with Crippen molar-refractivity contribution >= 4 is 28.3 Å². The molecule has 2 heterocycles. The number of pyridine rings is 1. The molecule has 2 aromatic carbocycles. The van der Waals surface area contributed by atoms with Gasteiger partial charge in [-0.2, -0.15) is 0 Å². The van der Waals surface area contributed by atoms with Crippen molar-refractivity contribution in [2.75, 3.05) is 0 Å². The van der Waals surface area contributed by atoms with Gasteiger partial charge in [0, 0.05) is 22.1 Å². The van der Waals surface area contributed by atoms with Gasteiger partial charge in [-0.05, 0) is 24.3 Å². The standard InChI is InChI=1S/C18H11N3O4/c22-18-17(21(23)24)16(12-7-1-2-9-14(12)25-18)20-13-8-3-5-11-6-4-10-19-15(11)13/h1-10,17H. The number of fused-ring (bicyclic) bond motifs is 2. The zero-order valence-corrected chi connectivity index (χ0v) is 12.8. The third-order valence-electron chi connectivity index (χ3n) is 3.92. The summed E-state index contributed by atoms with van der Waals surface area (Å²) in [6.07, 6.45) is 1.63. The summed E-state index contributed by atoms with van der Waals surface area (Å²) in [7, 11) is 0. The van der Waals surface area contributed by atoms with Crippen LogP contribution >= 0.6 is 0 Å². The molecule has 0 spiro atoms. The van der Waals surface area contributed by atoms with E-state index in [1.54, 1.807) is 48.7 Å². The molecule has 0 amide bonds. The van der Waals surface area contributed by atoms with Crippen LogP contribution in [0.25, 0.3) is 10.9 Å². The Kier molecular flexibility index (Phi) is 3.46. The Morgan fingerprint density at radius 2 is 1.88 bits per heavy atom. The predicted molar refractivity (Wildman–Crippen MR) is 90.8 cm³/mol. The fourth-order valence-electron chi connectivity index (χ4n) is 2.81. The summed E-state index contributed by atoms with van der Waals surface area (Å²) in [6.45, 7) is 0. The molecule has 1 atom stereocenters. The molecule has 0 radical (unpaired) electrons. The minimum absolute atomic E-state index is 0.0509. The number of hydrogen-bond acceptors (Lipinski definition) is 6. The molecule has 122 valence electrons. The number of para-hydroxylation sites is 2. The molecule has 0 fully saturated rings. The zero-order valence-electron chi connectivity index (χ0n) is 12.8. The Hall–Kier alpha value is -3.61. The van der Waals surface area contributed by atoms with Gasteiger partial charge >= 0.3 is 12.0 Å². The highest BCUT2D eigenvalue weighted by Gasteiger charge is 2.43. The summed E-state index contributed by atoms with van der Waals surface area (Å²) in [4.78, 5) is 31.6. The number of rotatable bonds is 2. The first-order chi connectivity index (χ1) is 12.1. The smallest absolute Gasteiger partial charge is 0.393 e. The molecule has 0 bridgehead atoms. The molecule has 7 nitrogen and oxygen atoms in total. The van der Waals surface area contributed by atoms with Crippen LogP contribution in [0.2, 0.25) is 0 Å². The zero-order chi connectivity index (χ0) is 17.4. The number of carbonyl (C=O) groups is 1. The fraction of sp³-hybridized carbons (Fsp3) is 0.0556. The SMILES string of the molecule is O=C1Oc2ccccc2C(=Nc2cccc3cccnc23)C1[N+](=O)[O-]. The highest BCUT2D eigenvalue weighted by Crippen LogP contribution is 2.30. The van der Waals surface area contributed by atoms with E-state index in [0.29, 0.717) is 16.8 Å². The van der Waals surface area contributed by atoms with Crippen LogP contribution in [0, 0.1) is 10.1 Å². The number of benzene rings is 2. The molecular formula is C18H11N3O4. The summed E-state index contributed by atoms with van der Waals surface area (Å²) >= 11 is 0. The average molecular weight is 333 g/mol. The van der Waals surface area contributed by atoms with E-state index < -0.39 is 16.9 Å². The van der Waals surface area contributed by atoms with Gasteiger partial charge in [-0.15, -0.1) is 0 Å². The van der Waals surface area contributed by atoms with E-state index in [1.165, 1.54) is 0 Å². The Morgan fingerprint density at radius 1 is 1.08 bits per heavy atom. The normalized spacial score (nSPS) is 18.0. The number of esters is 1. The van der Waals surface area contributed by atoms with E-state index in [2.05, 4.69) is 9.98 Å². The van der Waals surface area contributed by atoms with Gasteiger partial charge < -0.3 is 4.74 Å². The van der Waals surface area contributed by atoms with E-state index in [0.717, 1.165) is 5.39 Å². The van der Waals surface area contributed by atoms with Crippen molar-refractivity contribution in [2.45, 2.75) is 6.04 Å². The number of ether oxygens (including phenoxy) is 1. The van der Waals surface area contributed by atoms with Crippen LogP contribution < -0.4 is 4.74 Å². The average Bonchev–Trinajstić information content (AvgIpc) is 2.61. The van der Waals surface area contributed by atoms with Crippen LogP contribution in [0.3, 0.4) is 0 Å². The number of nitrogens with zero attached hydrogens (tertiary/aromatic N) is 3. The molecular weight excluding hydrogens is 322 g/mol. The Bertz CT molecular complexity index is 1040. The molecule has 0 saturated heterocycles. The van der Waals surface area contributed by atoms with E-state index in [4.69, 9.17) is 4.74 Å². The maximum absolute atomic E-state index is 12.1. The lowest BCUT2D eigenvalue weighted by Gasteiger charge is -2.20. The molecule has 3 aromatic rings. The maximum Gasteiger partial charge on any atom is 0.393 e. The van der Waals surface area contributed by atoms with Crippen molar-refractivity contribution in [1.82, 2.24) is 4.98 Å². The summed E-state index contributed by atoms with van der Waals surface area (Å²) in [5.74, 6) is -0.687. The van der Waals surface area contributed by atoms with Gasteiger partial charge in [0.1, 0.15) is 11.5 Å². The van der Waals surface area contributed by atoms with Gasteiger partial charge in [-0.1, -0.05) is 30.3 Å². The number of aliphatic imine (C=N–C) groups is 1. The molecule has 7 heteroatoms. The second kappa shape index (κ2) is 5.79. The molecule has 1 aromatic heterocycles. The minimum Gasteiger partial charge on any atom is -0.420 e. The lowest BCUT2D eigenvalue weighted by Crippen LogP contribution is -2.44. The van der Waals surface area contributed by atoms with E-state index >= 15 is 0 Å². The Balaban J connectivity index is 1.98. The first-order valence-electron chi connectivity index (χ1n) is 7.52. The second-order valence-electron chi connectivity index (χ2n) is 5.45. The lowest BCUT2D eigenvalue weighted by molar-refractivity contribution is -0.491. The molecule has 0 saturated carbocycles. The predicted octanol–water partition coefficient (Wildman–Crippen LogP) is 2.92. The first-order valence-corrected chi connectivity index (χ1v) is 7.52. The van der Waals surface area contributed by atoms with Gasteiger partial charge in [0.05, 0.1) is 11.2 Å². The maximum atomic E-state index is 12.1. The van der Waals surface area contributed by atoms with Gasteiger partial charge in [-0.25, -0.2) is 9.79 Å². The van der Waals surface area contributed by atoms with Crippen molar-refractivity contribution < 1.29 is 14.5 Å². The first kappa shape index (κ1) is 14.9. The Morgan fingerprint density at radius 3 is 2.72 bits per heavy atom. The van der Waals surface area contributed by atoms with Gasteiger partial charge in [0.2, 0.25) is 0 Å². The van der Waals surface area contributed by atoms with Crippen LogP contribution in [0.1, 0.15) is 5.56 Å². The number of carbonyl (C=O) groups excluding carboxylic acids is 1. The minimum atomic E-state index is -1.67. The third kappa shape index (κ3) is 2.51. The van der Waals surface area contributed by atoms with Crippen LogP contribution in [0.15, 0.2) is 65.8 Å². The molecule has 4 rings (SSSR count). The van der Waals surface area contributed by atoms with Crippen molar-refractivity contribution in [1.29, 1.82) is 0 Å².